The minimum atomic E-state index is -0.103. The summed E-state index contributed by atoms with van der Waals surface area (Å²) in [6, 6.07) is 1.50. The van der Waals surface area contributed by atoms with E-state index < -0.39 is 0 Å². The molecular weight excluding hydrogens is 204 g/mol. The molecule has 0 bridgehead atoms. The standard InChI is InChI=1S/C8H11ClN4O/c1-10-3-2-8(14)13-7-4-6(9)11-5-12-7/h4-5,10H,2-3H2,1H3,(H,11,12,13,14). The van der Waals surface area contributed by atoms with E-state index in [0.29, 0.717) is 23.9 Å². The minimum Gasteiger partial charge on any atom is -0.319 e. The molecule has 0 aromatic carbocycles. The Morgan fingerprint density at radius 3 is 3.00 bits per heavy atom. The maximum Gasteiger partial charge on any atom is 0.226 e. The Balaban J connectivity index is 2.47. The van der Waals surface area contributed by atoms with Crippen LogP contribution in [0.5, 0.6) is 0 Å². The molecule has 5 nitrogen and oxygen atoms in total. The van der Waals surface area contributed by atoms with Gasteiger partial charge in [0.05, 0.1) is 0 Å². The van der Waals surface area contributed by atoms with Crippen LogP contribution in [-0.2, 0) is 4.79 Å². The van der Waals surface area contributed by atoms with Crippen molar-refractivity contribution in [3.8, 4) is 0 Å². The second kappa shape index (κ2) is 5.51. The second-order valence-corrected chi connectivity index (χ2v) is 3.01. The molecule has 0 fully saturated rings. The molecule has 14 heavy (non-hydrogen) atoms. The maximum atomic E-state index is 11.2. The Morgan fingerprint density at radius 1 is 1.57 bits per heavy atom. The third-order valence-electron chi connectivity index (χ3n) is 1.50. The summed E-state index contributed by atoms with van der Waals surface area (Å²) in [5.41, 5.74) is 0. The second-order valence-electron chi connectivity index (χ2n) is 2.63. The SMILES string of the molecule is CNCCC(=O)Nc1cc(Cl)ncn1. The van der Waals surface area contributed by atoms with Gasteiger partial charge in [0.1, 0.15) is 17.3 Å². The zero-order valence-corrected chi connectivity index (χ0v) is 8.51. The maximum absolute atomic E-state index is 11.2. The first kappa shape index (κ1) is 10.9. The molecule has 1 aromatic heterocycles. The molecule has 1 heterocycles. The van der Waals surface area contributed by atoms with Crippen LogP contribution in [0, 0.1) is 0 Å². The van der Waals surface area contributed by atoms with E-state index in [2.05, 4.69) is 20.6 Å². The number of rotatable bonds is 4. The van der Waals surface area contributed by atoms with Gasteiger partial charge in [-0.25, -0.2) is 9.97 Å². The number of amides is 1. The number of nitrogens with zero attached hydrogens (tertiary/aromatic N) is 2. The van der Waals surface area contributed by atoms with E-state index in [1.165, 1.54) is 12.4 Å². The van der Waals surface area contributed by atoms with Gasteiger partial charge in [-0.05, 0) is 7.05 Å². The summed E-state index contributed by atoms with van der Waals surface area (Å²) in [7, 11) is 1.79. The number of carbonyl (C=O) groups excluding carboxylic acids is 1. The van der Waals surface area contributed by atoms with Crippen molar-refractivity contribution in [2.75, 3.05) is 18.9 Å². The average Bonchev–Trinajstić information content (AvgIpc) is 2.15. The average molecular weight is 215 g/mol. The minimum absolute atomic E-state index is 0.103. The molecule has 1 rings (SSSR count). The highest BCUT2D eigenvalue weighted by Crippen LogP contribution is 2.08. The molecule has 2 N–H and O–H groups in total. The highest BCUT2D eigenvalue weighted by Gasteiger charge is 2.02. The van der Waals surface area contributed by atoms with E-state index in [4.69, 9.17) is 11.6 Å². The van der Waals surface area contributed by atoms with Gasteiger partial charge >= 0.3 is 0 Å². The molecular formula is C8H11ClN4O. The summed E-state index contributed by atoms with van der Waals surface area (Å²) in [5, 5.41) is 5.79. The van der Waals surface area contributed by atoms with Crippen molar-refractivity contribution in [3.63, 3.8) is 0 Å². The van der Waals surface area contributed by atoms with Gasteiger partial charge in [-0.2, -0.15) is 0 Å². The number of hydrogen-bond acceptors (Lipinski definition) is 4. The fourth-order valence-electron chi connectivity index (χ4n) is 0.846. The first-order valence-electron chi connectivity index (χ1n) is 4.14. The molecule has 1 aromatic rings. The lowest BCUT2D eigenvalue weighted by Crippen LogP contribution is -2.19. The molecule has 0 aliphatic heterocycles. The molecule has 1 amide bonds. The van der Waals surface area contributed by atoms with Crippen LogP contribution in [0.1, 0.15) is 6.42 Å². The Hall–Kier alpha value is -1.20. The molecule has 0 unspecified atom stereocenters. The lowest BCUT2D eigenvalue weighted by molar-refractivity contribution is -0.116. The van der Waals surface area contributed by atoms with Crippen molar-refractivity contribution < 1.29 is 4.79 Å². The fourth-order valence-corrected chi connectivity index (χ4v) is 0.993. The van der Waals surface area contributed by atoms with Gasteiger partial charge in [-0.1, -0.05) is 11.6 Å². The summed E-state index contributed by atoms with van der Waals surface area (Å²) >= 11 is 5.62. The summed E-state index contributed by atoms with van der Waals surface area (Å²) in [6.45, 7) is 0.630. The van der Waals surface area contributed by atoms with Gasteiger partial charge in [-0.3, -0.25) is 4.79 Å². The van der Waals surface area contributed by atoms with E-state index in [1.807, 2.05) is 0 Å². The quantitative estimate of drug-likeness (QED) is 0.724. The normalized spacial score (nSPS) is 9.86. The predicted molar refractivity (Wildman–Crippen MR) is 54.2 cm³/mol. The zero-order chi connectivity index (χ0) is 10.4. The van der Waals surface area contributed by atoms with E-state index in [-0.39, 0.29) is 5.91 Å². The lowest BCUT2D eigenvalue weighted by atomic mass is 10.4. The molecule has 0 aliphatic carbocycles. The monoisotopic (exact) mass is 214 g/mol. The summed E-state index contributed by atoms with van der Waals surface area (Å²) in [6.07, 6.45) is 1.70. The van der Waals surface area contributed by atoms with Crippen molar-refractivity contribution in [3.05, 3.63) is 17.5 Å². The van der Waals surface area contributed by atoms with Crippen LogP contribution in [0.3, 0.4) is 0 Å². The first-order chi connectivity index (χ1) is 6.72. The Morgan fingerprint density at radius 2 is 2.36 bits per heavy atom. The zero-order valence-electron chi connectivity index (χ0n) is 7.75. The van der Waals surface area contributed by atoms with Gasteiger partial charge in [0.15, 0.2) is 0 Å². The first-order valence-corrected chi connectivity index (χ1v) is 4.52. The number of nitrogens with one attached hydrogen (secondary N) is 2. The number of aromatic nitrogens is 2. The van der Waals surface area contributed by atoms with Crippen LogP contribution in [-0.4, -0.2) is 29.5 Å². The van der Waals surface area contributed by atoms with Crippen molar-refractivity contribution in [1.29, 1.82) is 0 Å². The molecule has 0 saturated carbocycles. The number of anilines is 1. The van der Waals surface area contributed by atoms with Crippen molar-refractivity contribution in [2.24, 2.45) is 0 Å². The Bertz CT molecular complexity index is 318. The molecule has 0 spiro atoms. The summed E-state index contributed by atoms with van der Waals surface area (Å²) in [5.74, 6) is 0.320. The van der Waals surface area contributed by atoms with Crippen molar-refractivity contribution in [1.82, 2.24) is 15.3 Å². The predicted octanol–water partition coefficient (Wildman–Crippen LogP) is 0.678. The van der Waals surface area contributed by atoms with Crippen molar-refractivity contribution >= 4 is 23.3 Å². The van der Waals surface area contributed by atoms with E-state index in [9.17, 15) is 4.79 Å². The number of carbonyl (C=O) groups is 1. The summed E-state index contributed by atoms with van der Waals surface area (Å²) in [4.78, 5) is 18.8. The highest BCUT2D eigenvalue weighted by molar-refractivity contribution is 6.29. The van der Waals surface area contributed by atoms with Crippen LogP contribution in [0.2, 0.25) is 5.15 Å². The van der Waals surface area contributed by atoms with Gasteiger partial charge in [0.2, 0.25) is 5.91 Å². The highest BCUT2D eigenvalue weighted by atomic mass is 35.5. The molecule has 0 atom stereocenters. The smallest absolute Gasteiger partial charge is 0.226 e. The van der Waals surface area contributed by atoms with E-state index in [1.54, 1.807) is 7.05 Å². The van der Waals surface area contributed by atoms with Gasteiger partial charge < -0.3 is 10.6 Å². The van der Waals surface area contributed by atoms with Gasteiger partial charge in [-0.15, -0.1) is 0 Å². The molecule has 0 radical (unpaired) electrons. The van der Waals surface area contributed by atoms with Crippen LogP contribution in [0.25, 0.3) is 0 Å². The topological polar surface area (TPSA) is 66.9 Å². The largest absolute Gasteiger partial charge is 0.319 e. The number of hydrogen-bond donors (Lipinski definition) is 2. The third-order valence-corrected chi connectivity index (χ3v) is 1.71. The van der Waals surface area contributed by atoms with E-state index in [0.717, 1.165) is 0 Å². The number of halogens is 1. The van der Waals surface area contributed by atoms with Crippen LogP contribution >= 0.6 is 11.6 Å². The van der Waals surface area contributed by atoms with Gasteiger partial charge in [0.25, 0.3) is 0 Å². The Kier molecular flexibility index (Phi) is 4.28. The Labute approximate surface area is 86.9 Å². The van der Waals surface area contributed by atoms with Crippen LogP contribution in [0.15, 0.2) is 12.4 Å². The lowest BCUT2D eigenvalue weighted by Gasteiger charge is -2.03. The van der Waals surface area contributed by atoms with Crippen molar-refractivity contribution in [2.45, 2.75) is 6.42 Å². The van der Waals surface area contributed by atoms with E-state index >= 15 is 0 Å². The fraction of sp³-hybridized carbons (Fsp3) is 0.375. The van der Waals surface area contributed by atoms with Crippen LogP contribution < -0.4 is 10.6 Å². The molecule has 6 heteroatoms. The van der Waals surface area contributed by atoms with Gasteiger partial charge in [0, 0.05) is 19.0 Å². The summed E-state index contributed by atoms with van der Waals surface area (Å²) < 4.78 is 0. The molecule has 76 valence electrons. The molecule has 0 aliphatic rings. The molecule has 0 saturated heterocycles. The third kappa shape index (κ3) is 3.68. The van der Waals surface area contributed by atoms with Crippen LogP contribution in [0.4, 0.5) is 5.82 Å².